The van der Waals surface area contributed by atoms with Gasteiger partial charge in [0.1, 0.15) is 23.3 Å². The molecular weight excluding hydrogens is 328 g/mol. The van der Waals surface area contributed by atoms with Gasteiger partial charge in [0.05, 0.1) is 18.2 Å². The third-order valence-corrected chi connectivity index (χ3v) is 4.81. The Hall–Kier alpha value is -2.33. The first-order chi connectivity index (χ1) is 11.8. The number of hydrogen-bond acceptors (Lipinski definition) is 7. The SMILES string of the molecule is Cc1cc2cn([C@@H]3O[C@H](CO)[C@@H](O)[C@@]3(C)O)nc3cn[nH]c(=O)c1c23. The minimum atomic E-state index is -1.65. The monoisotopic (exact) mass is 346 g/mol. The topological polar surface area (TPSA) is 133 Å². The van der Waals surface area contributed by atoms with Gasteiger partial charge in [0.2, 0.25) is 0 Å². The van der Waals surface area contributed by atoms with Crippen LogP contribution in [0.3, 0.4) is 0 Å². The van der Waals surface area contributed by atoms with Crippen LogP contribution in [0.25, 0.3) is 21.7 Å². The molecule has 0 radical (unpaired) electrons. The summed E-state index contributed by atoms with van der Waals surface area (Å²) in [4.78, 5) is 12.2. The number of aromatic nitrogens is 4. The summed E-state index contributed by atoms with van der Waals surface area (Å²) >= 11 is 0. The Morgan fingerprint density at radius 3 is 2.88 bits per heavy atom. The highest BCUT2D eigenvalue weighted by molar-refractivity contribution is 6.10. The number of aryl methyl sites for hydroxylation is 1. The number of nitrogens with one attached hydrogen (secondary N) is 1. The zero-order valence-corrected chi connectivity index (χ0v) is 13.7. The Balaban J connectivity index is 1.97. The van der Waals surface area contributed by atoms with Crippen LogP contribution in [0.2, 0.25) is 0 Å². The third-order valence-electron chi connectivity index (χ3n) is 4.81. The minimum absolute atomic E-state index is 0.304. The predicted octanol–water partition coefficient (Wildman–Crippen LogP) is -0.417. The van der Waals surface area contributed by atoms with Crippen LogP contribution >= 0.6 is 0 Å². The van der Waals surface area contributed by atoms with Crippen molar-refractivity contribution in [3.05, 3.63) is 34.4 Å². The van der Waals surface area contributed by atoms with Crippen molar-refractivity contribution >= 4 is 21.7 Å². The van der Waals surface area contributed by atoms with Crippen LogP contribution in [0.1, 0.15) is 18.7 Å². The van der Waals surface area contributed by atoms with Crippen LogP contribution < -0.4 is 5.56 Å². The fourth-order valence-corrected chi connectivity index (χ4v) is 3.53. The van der Waals surface area contributed by atoms with E-state index in [0.717, 1.165) is 10.9 Å². The second kappa shape index (κ2) is 5.33. The highest BCUT2D eigenvalue weighted by atomic mass is 16.6. The van der Waals surface area contributed by atoms with E-state index in [0.29, 0.717) is 16.3 Å². The average Bonchev–Trinajstić information content (AvgIpc) is 2.93. The predicted molar refractivity (Wildman–Crippen MR) is 88.0 cm³/mol. The largest absolute Gasteiger partial charge is 0.394 e. The van der Waals surface area contributed by atoms with E-state index in [1.165, 1.54) is 17.8 Å². The fourth-order valence-electron chi connectivity index (χ4n) is 3.53. The molecule has 0 bridgehead atoms. The van der Waals surface area contributed by atoms with Gasteiger partial charge < -0.3 is 20.1 Å². The normalized spacial score (nSPS) is 29.7. The zero-order chi connectivity index (χ0) is 17.9. The molecule has 25 heavy (non-hydrogen) atoms. The van der Waals surface area contributed by atoms with Crippen molar-refractivity contribution in [2.24, 2.45) is 0 Å². The van der Waals surface area contributed by atoms with Crippen LogP contribution in [0.4, 0.5) is 0 Å². The van der Waals surface area contributed by atoms with Gasteiger partial charge in [0.25, 0.3) is 5.56 Å². The molecule has 1 aliphatic heterocycles. The summed E-state index contributed by atoms with van der Waals surface area (Å²) in [6.07, 6.45) is -0.110. The van der Waals surface area contributed by atoms with E-state index in [1.54, 1.807) is 6.20 Å². The van der Waals surface area contributed by atoms with Gasteiger partial charge in [-0.2, -0.15) is 10.2 Å². The number of rotatable bonds is 2. The third kappa shape index (κ3) is 2.20. The molecule has 4 N–H and O–H groups in total. The molecule has 9 heteroatoms. The average molecular weight is 346 g/mol. The summed E-state index contributed by atoms with van der Waals surface area (Å²) < 4.78 is 6.99. The maximum atomic E-state index is 12.2. The smallest absolute Gasteiger partial charge is 0.272 e. The highest BCUT2D eigenvalue weighted by Gasteiger charge is 2.53. The second-order valence-electron chi connectivity index (χ2n) is 6.61. The molecule has 1 aromatic carbocycles. The maximum Gasteiger partial charge on any atom is 0.272 e. The molecule has 0 saturated carbocycles. The van der Waals surface area contributed by atoms with Crippen molar-refractivity contribution in [2.45, 2.75) is 37.9 Å². The van der Waals surface area contributed by atoms with Crippen LogP contribution in [-0.4, -0.2) is 59.7 Å². The van der Waals surface area contributed by atoms with E-state index in [4.69, 9.17) is 4.74 Å². The van der Waals surface area contributed by atoms with E-state index in [-0.39, 0.29) is 5.56 Å². The molecule has 0 unspecified atom stereocenters. The molecule has 9 nitrogen and oxygen atoms in total. The van der Waals surface area contributed by atoms with Crippen LogP contribution in [0, 0.1) is 6.92 Å². The van der Waals surface area contributed by atoms with Gasteiger partial charge in [-0.3, -0.25) is 4.79 Å². The number of hydrogen-bond donors (Lipinski definition) is 4. The Labute approximate surface area is 141 Å². The summed E-state index contributed by atoms with van der Waals surface area (Å²) in [7, 11) is 0. The molecule has 0 spiro atoms. The van der Waals surface area contributed by atoms with Crippen LogP contribution in [0.15, 0.2) is 23.3 Å². The van der Waals surface area contributed by atoms with Crippen molar-refractivity contribution in [1.82, 2.24) is 20.0 Å². The molecule has 4 atom stereocenters. The number of nitrogens with zero attached hydrogens (tertiary/aromatic N) is 3. The molecule has 132 valence electrons. The lowest BCUT2D eigenvalue weighted by Gasteiger charge is -2.27. The first-order valence-electron chi connectivity index (χ1n) is 7.87. The molecule has 2 aromatic heterocycles. The first kappa shape index (κ1) is 16.2. The maximum absolute atomic E-state index is 12.2. The van der Waals surface area contributed by atoms with Crippen molar-refractivity contribution in [2.75, 3.05) is 6.61 Å². The summed E-state index contributed by atoms with van der Waals surface area (Å²) in [6.45, 7) is 2.82. The van der Waals surface area contributed by atoms with Gasteiger partial charge in [-0.1, -0.05) is 0 Å². The van der Waals surface area contributed by atoms with Gasteiger partial charge in [-0.15, -0.1) is 0 Å². The standard InChI is InChI=1S/C16H18N4O5/c1-7-3-8-5-20(15-16(2,24)13(22)10(6-21)25-15)19-9-4-17-18-14(23)11(7)12(8)9/h3-5,10,13,15,21-22,24H,6H2,1-2H3,(H,18,23)/t10-,13-,15-,16-/m1/s1. The molecular formula is C16H18N4O5. The lowest BCUT2D eigenvalue weighted by molar-refractivity contribution is -0.102. The van der Waals surface area contributed by atoms with Gasteiger partial charge >= 0.3 is 0 Å². The molecule has 1 saturated heterocycles. The minimum Gasteiger partial charge on any atom is -0.394 e. The Morgan fingerprint density at radius 1 is 1.44 bits per heavy atom. The number of ether oxygens (including phenoxy) is 1. The van der Waals surface area contributed by atoms with Crippen molar-refractivity contribution in [3.63, 3.8) is 0 Å². The van der Waals surface area contributed by atoms with E-state index in [2.05, 4.69) is 15.3 Å². The molecule has 4 rings (SSSR count). The molecule has 1 aliphatic rings. The number of H-pyrrole nitrogens is 1. The summed E-state index contributed by atoms with van der Waals surface area (Å²) in [5.74, 6) is 0. The van der Waals surface area contributed by atoms with E-state index in [9.17, 15) is 20.1 Å². The van der Waals surface area contributed by atoms with Gasteiger partial charge in [-0.05, 0) is 25.5 Å². The first-order valence-corrected chi connectivity index (χ1v) is 7.87. The molecule has 1 fully saturated rings. The summed E-state index contributed by atoms with van der Waals surface area (Å²) in [5.41, 5.74) is -0.723. The number of aliphatic hydroxyl groups is 3. The van der Waals surface area contributed by atoms with Gasteiger partial charge in [0, 0.05) is 17.0 Å². The lowest BCUT2D eigenvalue weighted by atomic mass is 9.97. The Kier molecular flexibility index (Phi) is 3.45. The second-order valence-corrected chi connectivity index (χ2v) is 6.61. The zero-order valence-electron chi connectivity index (χ0n) is 13.7. The molecule has 0 aliphatic carbocycles. The highest BCUT2D eigenvalue weighted by Crippen LogP contribution is 2.38. The molecule has 3 heterocycles. The number of aromatic amines is 1. The van der Waals surface area contributed by atoms with Crippen LogP contribution in [-0.2, 0) is 4.74 Å². The fraction of sp³-hybridized carbons (Fsp3) is 0.438. The Bertz CT molecular complexity index is 1020. The summed E-state index contributed by atoms with van der Waals surface area (Å²) in [6, 6.07) is 1.84. The van der Waals surface area contributed by atoms with Crippen molar-refractivity contribution in [1.29, 1.82) is 0 Å². The van der Waals surface area contributed by atoms with Gasteiger partial charge in [0.15, 0.2) is 6.23 Å². The van der Waals surface area contributed by atoms with E-state index < -0.39 is 30.6 Å². The quantitative estimate of drug-likeness (QED) is 0.495. The Morgan fingerprint density at radius 2 is 2.20 bits per heavy atom. The molecule has 3 aromatic rings. The lowest BCUT2D eigenvalue weighted by Crippen LogP contribution is -2.44. The van der Waals surface area contributed by atoms with E-state index in [1.807, 2.05) is 13.0 Å². The number of aliphatic hydroxyl groups excluding tert-OH is 2. The van der Waals surface area contributed by atoms with Crippen molar-refractivity contribution in [3.8, 4) is 0 Å². The molecule has 0 amide bonds. The van der Waals surface area contributed by atoms with Crippen molar-refractivity contribution < 1.29 is 20.1 Å². The van der Waals surface area contributed by atoms with Gasteiger partial charge in [-0.25, -0.2) is 9.78 Å². The van der Waals surface area contributed by atoms with Crippen LogP contribution in [0.5, 0.6) is 0 Å². The summed E-state index contributed by atoms with van der Waals surface area (Å²) in [5, 5.41) is 42.8. The van der Waals surface area contributed by atoms with E-state index >= 15 is 0 Å².